The second-order valence-corrected chi connectivity index (χ2v) is 4.66. The molecule has 4 heteroatoms. The van der Waals surface area contributed by atoms with Crippen LogP contribution in [0.5, 0.6) is 0 Å². The van der Waals surface area contributed by atoms with Crippen LogP contribution in [0.4, 0.5) is 0 Å². The smallest absolute Gasteiger partial charge is 0.137 e. The lowest BCUT2D eigenvalue weighted by Gasteiger charge is -2.21. The number of rotatable bonds is 4. The molecule has 2 N–H and O–H groups in total. The molecule has 0 bridgehead atoms. The quantitative estimate of drug-likeness (QED) is 0.825. The molecule has 0 saturated heterocycles. The Morgan fingerprint density at radius 1 is 1.20 bits per heavy atom. The van der Waals surface area contributed by atoms with Crippen molar-refractivity contribution in [3.63, 3.8) is 0 Å². The zero-order chi connectivity index (χ0) is 11.6. The van der Waals surface area contributed by atoms with Crippen molar-refractivity contribution < 1.29 is 0 Å². The molecule has 0 aromatic carbocycles. The van der Waals surface area contributed by atoms with Crippen molar-refractivity contribution in [1.82, 2.24) is 14.8 Å². The largest absolute Gasteiger partial charge is 0.330 e. The van der Waals surface area contributed by atoms with Crippen molar-refractivity contribution in [2.75, 3.05) is 6.54 Å². The fraction of sp³-hybridized carbons (Fsp3) is 0.818. The maximum atomic E-state index is 5.80. The normalized spacial score (nSPS) is 13.9. The molecule has 86 valence electrons. The first kappa shape index (κ1) is 12.2. The molecule has 0 amide bonds. The van der Waals surface area contributed by atoms with Crippen molar-refractivity contribution in [2.24, 2.45) is 11.7 Å². The van der Waals surface area contributed by atoms with Crippen LogP contribution in [0.1, 0.15) is 51.3 Å². The van der Waals surface area contributed by atoms with Crippen molar-refractivity contribution >= 4 is 0 Å². The minimum absolute atomic E-state index is 0.300. The molecule has 1 heterocycles. The summed E-state index contributed by atoms with van der Waals surface area (Å²) in [4.78, 5) is 0. The highest BCUT2D eigenvalue weighted by molar-refractivity contribution is 5.04. The topological polar surface area (TPSA) is 56.7 Å². The summed E-state index contributed by atoms with van der Waals surface area (Å²) in [5.41, 5.74) is 5.80. The lowest BCUT2D eigenvalue weighted by molar-refractivity contribution is 0.441. The monoisotopic (exact) mass is 210 g/mol. The summed E-state index contributed by atoms with van der Waals surface area (Å²) in [6.45, 7) is 11.3. The molecule has 0 radical (unpaired) electrons. The highest BCUT2D eigenvalue weighted by Crippen LogP contribution is 2.24. The highest BCUT2D eigenvalue weighted by atomic mass is 15.3. The van der Waals surface area contributed by atoms with E-state index in [0.717, 1.165) is 11.6 Å². The Hall–Kier alpha value is -0.900. The first-order chi connectivity index (χ1) is 6.99. The molecular formula is C11H22N4. The predicted octanol–water partition coefficient (Wildman–Crippen LogP) is 1.87. The summed E-state index contributed by atoms with van der Waals surface area (Å²) in [6, 6.07) is 0.391. The molecule has 15 heavy (non-hydrogen) atoms. The van der Waals surface area contributed by atoms with Crippen molar-refractivity contribution in [2.45, 2.75) is 46.6 Å². The average molecular weight is 210 g/mol. The second-order valence-electron chi connectivity index (χ2n) is 4.66. The SMILES string of the molecule is Cc1nnc(C(CN)C(C)C)n1C(C)C. The van der Waals surface area contributed by atoms with E-state index in [9.17, 15) is 0 Å². The summed E-state index contributed by atoms with van der Waals surface area (Å²) in [5.74, 6) is 2.80. The predicted molar refractivity (Wildman–Crippen MR) is 61.8 cm³/mol. The van der Waals surface area contributed by atoms with Gasteiger partial charge in [-0.15, -0.1) is 10.2 Å². The van der Waals surface area contributed by atoms with Gasteiger partial charge in [-0.2, -0.15) is 0 Å². The van der Waals surface area contributed by atoms with Crippen LogP contribution in [0.2, 0.25) is 0 Å². The number of nitrogens with zero attached hydrogens (tertiary/aromatic N) is 3. The van der Waals surface area contributed by atoms with Gasteiger partial charge in [0.15, 0.2) is 0 Å². The number of aryl methyl sites for hydroxylation is 1. The minimum Gasteiger partial charge on any atom is -0.330 e. The fourth-order valence-corrected chi connectivity index (χ4v) is 1.95. The van der Waals surface area contributed by atoms with Gasteiger partial charge >= 0.3 is 0 Å². The Balaban J connectivity index is 3.12. The van der Waals surface area contributed by atoms with Gasteiger partial charge in [-0.1, -0.05) is 13.8 Å². The first-order valence-electron chi connectivity index (χ1n) is 5.60. The van der Waals surface area contributed by atoms with Gasteiger partial charge in [0, 0.05) is 18.5 Å². The van der Waals surface area contributed by atoms with Crippen molar-refractivity contribution in [3.8, 4) is 0 Å². The molecule has 1 aromatic heterocycles. The Morgan fingerprint density at radius 2 is 1.80 bits per heavy atom. The van der Waals surface area contributed by atoms with E-state index in [4.69, 9.17) is 5.73 Å². The lowest BCUT2D eigenvalue weighted by atomic mass is 9.95. The molecule has 0 spiro atoms. The Bertz CT molecular complexity index is 314. The third-order valence-corrected chi connectivity index (χ3v) is 2.80. The van der Waals surface area contributed by atoms with Crippen molar-refractivity contribution in [3.05, 3.63) is 11.6 Å². The second kappa shape index (κ2) is 4.75. The Morgan fingerprint density at radius 3 is 2.20 bits per heavy atom. The molecule has 0 aliphatic heterocycles. The summed E-state index contributed by atoms with van der Waals surface area (Å²) in [5, 5.41) is 8.41. The van der Waals surface area contributed by atoms with E-state index < -0.39 is 0 Å². The molecule has 4 nitrogen and oxygen atoms in total. The van der Waals surface area contributed by atoms with E-state index in [1.54, 1.807) is 0 Å². The zero-order valence-electron chi connectivity index (χ0n) is 10.4. The number of nitrogens with two attached hydrogens (primary N) is 1. The average Bonchev–Trinajstić information content (AvgIpc) is 2.48. The Kier molecular flexibility index (Phi) is 3.85. The number of hydrogen-bond donors (Lipinski definition) is 1. The standard InChI is InChI=1S/C11H22N4/c1-7(2)10(6-12)11-14-13-9(5)15(11)8(3)4/h7-8,10H,6,12H2,1-5H3. The van der Waals surface area contributed by atoms with Gasteiger partial charge in [0.05, 0.1) is 0 Å². The molecule has 1 aromatic rings. The maximum absolute atomic E-state index is 5.80. The van der Waals surface area contributed by atoms with E-state index in [0.29, 0.717) is 24.4 Å². The molecule has 0 aliphatic rings. The van der Waals surface area contributed by atoms with Gasteiger partial charge in [-0.3, -0.25) is 0 Å². The van der Waals surface area contributed by atoms with E-state index in [2.05, 4.69) is 42.5 Å². The zero-order valence-corrected chi connectivity index (χ0v) is 10.4. The van der Waals surface area contributed by atoms with Gasteiger partial charge in [0.2, 0.25) is 0 Å². The summed E-state index contributed by atoms with van der Waals surface area (Å²) in [7, 11) is 0. The fourth-order valence-electron chi connectivity index (χ4n) is 1.95. The molecule has 0 saturated carbocycles. The molecule has 0 aliphatic carbocycles. The van der Waals surface area contributed by atoms with Gasteiger partial charge in [0.1, 0.15) is 11.6 Å². The number of hydrogen-bond acceptors (Lipinski definition) is 3. The Labute approximate surface area is 91.9 Å². The van der Waals surface area contributed by atoms with Crippen LogP contribution in [0.15, 0.2) is 0 Å². The summed E-state index contributed by atoms with van der Waals surface area (Å²) >= 11 is 0. The van der Waals surface area contributed by atoms with E-state index in [1.807, 2.05) is 6.92 Å². The third kappa shape index (κ3) is 2.37. The molecule has 0 fully saturated rings. The van der Waals surface area contributed by atoms with Crippen LogP contribution >= 0.6 is 0 Å². The first-order valence-corrected chi connectivity index (χ1v) is 5.60. The van der Waals surface area contributed by atoms with Crippen LogP contribution in [0.3, 0.4) is 0 Å². The van der Waals surface area contributed by atoms with Crippen LogP contribution in [0, 0.1) is 12.8 Å². The van der Waals surface area contributed by atoms with Gasteiger partial charge in [0.25, 0.3) is 0 Å². The lowest BCUT2D eigenvalue weighted by Crippen LogP contribution is -2.23. The van der Waals surface area contributed by atoms with Crippen LogP contribution in [0.25, 0.3) is 0 Å². The van der Waals surface area contributed by atoms with Gasteiger partial charge in [-0.25, -0.2) is 0 Å². The van der Waals surface area contributed by atoms with Crippen LogP contribution in [-0.2, 0) is 0 Å². The summed E-state index contributed by atoms with van der Waals surface area (Å²) < 4.78 is 2.18. The minimum atomic E-state index is 0.300. The van der Waals surface area contributed by atoms with E-state index in [1.165, 1.54) is 0 Å². The van der Waals surface area contributed by atoms with E-state index in [-0.39, 0.29) is 0 Å². The summed E-state index contributed by atoms with van der Waals surface area (Å²) in [6.07, 6.45) is 0. The van der Waals surface area contributed by atoms with Crippen LogP contribution in [-0.4, -0.2) is 21.3 Å². The van der Waals surface area contributed by atoms with Gasteiger partial charge < -0.3 is 10.3 Å². The van der Waals surface area contributed by atoms with Crippen molar-refractivity contribution in [1.29, 1.82) is 0 Å². The molecule has 1 atom stereocenters. The number of aromatic nitrogens is 3. The molecular weight excluding hydrogens is 188 g/mol. The third-order valence-electron chi connectivity index (χ3n) is 2.80. The van der Waals surface area contributed by atoms with Crippen LogP contribution < -0.4 is 5.73 Å². The maximum Gasteiger partial charge on any atom is 0.137 e. The molecule has 1 unspecified atom stereocenters. The van der Waals surface area contributed by atoms with Gasteiger partial charge in [-0.05, 0) is 26.7 Å². The highest BCUT2D eigenvalue weighted by Gasteiger charge is 2.22. The van der Waals surface area contributed by atoms with E-state index >= 15 is 0 Å². The molecule has 1 rings (SSSR count).